The number of ketones is 1. The highest BCUT2D eigenvalue weighted by molar-refractivity contribution is 14.1. The van der Waals surface area contributed by atoms with Crippen molar-refractivity contribution in [1.82, 2.24) is 0 Å². The number of hydrogen-bond donors (Lipinski definition) is 0. The van der Waals surface area contributed by atoms with Crippen molar-refractivity contribution in [2.24, 2.45) is 0 Å². The molecular formula is C7H11IO. The Labute approximate surface area is 69.3 Å². The van der Waals surface area contributed by atoms with Crippen molar-refractivity contribution in [2.45, 2.75) is 36.0 Å². The Morgan fingerprint density at radius 3 is 2.89 bits per heavy atom. The first-order valence-electron chi connectivity index (χ1n) is 3.47. The second kappa shape index (κ2) is 3.54. The third kappa shape index (κ3) is 2.24. The number of carbonyl (C=O) groups is 1. The van der Waals surface area contributed by atoms with Crippen molar-refractivity contribution < 1.29 is 4.79 Å². The van der Waals surface area contributed by atoms with E-state index in [9.17, 15) is 4.79 Å². The molecule has 0 spiro atoms. The zero-order valence-corrected chi connectivity index (χ0v) is 7.56. The van der Waals surface area contributed by atoms with E-state index in [-0.39, 0.29) is 0 Å². The van der Waals surface area contributed by atoms with Gasteiger partial charge in [0.1, 0.15) is 5.78 Å². The highest BCUT2D eigenvalue weighted by Crippen LogP contribution is 2.20. The molecule has 1 fully saturated rings. The lowest BCUT2D eigenvalue weighted by molar-refractivity contribution is -0.118. The summed E-state index contributed by atoms with van der Waals surface area (Å²) in [6, 6.07) is 0. The van der Waals surface area contributed by atoms with Crippen LogP contribution in [0.5, 0.6) is 0 Å². The zero-order valence-electron chi connectivity index (χ0n) is 5.40. The van der Waals surface area contributed by atoms with Gasteiger partial charge in [0.25, 0.3) is 0 Å². The maximum atomic E-state index is 11.0. The summed E-state index contributed by atoms with van der Waals surface area (Å²) in [5.74, 6) is 0.466. The Kier molecular flexibility index (Phi) is 2.95. The largest absolute Gasteiger partial charge is 0.299 e. The van der Waals surface area contributed by atoms with E-state index < -0.39 is 0 Å². The van der Waals surface area contributed by atoms with E-state index in [1.807, 2.05) is 0 Å². The summed E-state index contributed by atoms with van der Waals surface area (Å²) in [5, 5.41) is 0. The minimum atomic E-state index is 0.324. The molecule has 0 aromatic rings. The van der Waals surface area contributed by atoms with Gasteiger partial charge in [-0.25, -0.2) is 0 Å². The molecular weight excluding hydrogens is 227 g/mol. The molecule has 1 atom stereocenters. The molecule has 9 heavy (non-hydrogen) atoms. The van der Waals surface area contributed by atoms with Gasteiger partial charge in [-0.1, -0.05) is 35.4 Å². The van der Waals surface area contributed by atoms with Crippen molar-refractivity contribution in [3.8, 4) is 0 Å². The Balaban J connectivity index is 2.41. The molecule has 0 amide bonds. The molecule has 0 radical (unpaired) electrons. The first-order valence-corrected chi connectivity index (χ1v) is 4.72. The van der Waals surface area contributed by atoms with E-state index >= 15 is 0 Å². The van der Waals surface area contributed by atoms with Crippen LogP contribution >= 0.6 is 22.6 Å². The molecule has 0 saturated heterocycles. The number of hydrogen-bond acceptors (Lipinski definition) is 1. The molecule has 1 aliphatic carbocycles. The van der Waals surface area contributed by atoms with Gasteiger partial charge in [-0.05, 0) is 12.8 Å². The number of carbonyl (C=O) groups excluding carboxylic acids is 1. The predicted molar refractivity (Wildman–Crippen MR) is 45.9 cm³/mol. The van der Waals surface area contributed by atoms with Gasteiger partial charge in [0.2, 0.25) is 0 Å². The zero-order chi connectivity index (χ0) is 6.69. The first kappa shape index (κ1) is 7.51. The number of alkyl halides is 1. The molecule has 0 aromatic heterocycles. The van der Waals surface area contributed by atoms with Crippen LogP contribution in [-0.4, -0.2) is 9.71 Å². The molecule has 0 aromatic carbocycles. The molecule has 0 N–H and O–H groups in total. The van der Waals surface area contributed by atoms with Gasteiger partial charge >= 0.3 is 0 Å². The molecule has 1 nitrogen and oxygen atoms in total. The Morgan fingerprint density at radius 1 is 1.33 bits per heavy atom. The van der Waals surface area contributed by atoms with Crippen LogP contribution in [0.1, 0.15) is 32.1 Å². The topological polar surface area (TPSA) is 17.1 Å². The molecule has 0 aliphatic heterocycles. The van der Waals surface area contributed by atoms with Crippen molar-refractivity contribution in [1.29, 1.82) is 0 Å². The normalized spacial score (nSPS) is 29.9. The van der Waals surface area contributed by atoms with E-state index in [2.05, 4.69) is 22.6 Å². The van der Waals surface area contributed by atoms with Gasteiger partial charge in [-0.2, -0.15) is 0 Å². The van der Waals surface area contributed by atoms with Gasteiger partial charge in [-0.15, -0.1) is 0 Å². The average Bonchev–Trinajstić information content (AvgIpc) is 1.99. The second-order valence-corrected chi connectivity index (χ2v) is 4.04. The van der Waals surface area contributed by atoms with Crippen LogP contribution < -0.4 is 0 Å². The lowest BCUT2D eigenvalue weighted by Gasteiger charge is -2.00. The van der Waals surface area contributed by atoms with Crippen molar-refractivity contribution in [3.63, 3.8) is 0 Å². The Hall–Kier alpha value is 0.400. The molecule has 1 aliphatic rings. The monoisotopic (exact) mass is 238 g/mol. The third-order valence-electron chi connectivity index (χ3n) is 1.73. The van der Waals surface area contributed by atoms with Crippen LogP contribution in [0.2, 0.25) is 0 Å². The highest BCUT2D eigenvalue weighted by Gasteiger charge is 2.16. The van der Waals surface area contributed by atoms with Crippen LogP contribution in [0.25, 0.3) is 0 Å². The molecule has 52 valence electrons. The summed E-state index contributed by atoms with van der Waals surface area (Å²) < 4.78 is 0.324. The fraction of sp³-hybridized carbons (Fsp3) is 0.857. The summed E-state index contributed by atoms with van der Waals surface area (Å²) in [7, 11) is 0. The number of halogens is 1. The lowest BCUT2D eigenvalue weighted by atomic mass is 10.2. The van der Waals surface area contributed by atoms with Crippen molar-refractivity contribution >= 4 is 28.4 Å². The molecule has 1 unspecified atom stereocenters. The Bertz CT molecular complexity index is 111. The highest BCUT2D eigenvalue weighted by atomic mass is 127. The number of rotatable bonds is 0. The average molecular weight is 238 g/mol. The van der Waals surface area contributed by atoms with E-state index in [1.54, 1.807) is 0 Å². The predicted octanol–water partition coefficient (Wildman–Crippen LogP) is 2.32. The molecule has 0 heterocycles. The second-order valence-electron chi connectivity index (χ2n) is 2.53. The van der Waals surface area contributed by atoms with E-state index in [0.29, 0.717) is 9.71 Å². The van der Waals surface area contributed by atoms with Crippen LogP contribution in [-0.2, 0) is 4.79 Å². The lowest BCUT2D eigenvalue weighted by Crippen LogP contribution is -2.09. The smallest absolute Gasteiger partial charge is 0.145 e. The fourth-order valence-electron chi connectivity index (χ4n) is 1.12. The third-order valence-corrected chi connectivity index (χ3v) is 3.05. The summed E-state index contributed by atoms with van der Waals surface area (Å²) in [6.07, 6.45) is 5.57. The van der Waals surface area contributed by atoms with Crippen LogP contribution in [0, 0.1) is 0 Å². The fourth-order valence-corrected chi connectivity index (χ4v) is 1.87. The maximum Gasteiger partial charge on any atom is 0.145 e. The molecule has 2 heteroatoms. The van der Waals surface area contributed by atoms with Crippen molar-refractivity contribution in [3.05, 3.63) is 0 Å². The summed E-state index contributed by atoms with van der Waals surface area (Å²) in [5.41, 5.74) is 0. The number of Topliss-reactive ketones (excluding diaryl/α,β-unsaturated/α-hetero) is 1. The minimum Gasteiger partial charge on any atom is -0.299 e. The van der Waals surface area contributed by atoms with Gasteiger partial charge in [0, 0.05) is 6.42 Å². The minimum absolute atomic E-state index is 0.324. The van der Waals surface area contributed by atoms with Crippen LogP contribution in [0.3, 0.4) is 0 Å². The van der Waals surface area contributed by atoms with Crippen LogP contribution in [0.15, 0.2) is 0 Å². The van der Waals surface area contributed by atoms with E-state index in [1.165, 1.54) is 12.8 Å². The van der Waals surface area contributed by atoms with E-state index in [0.717, 1.165) is 19.3 Å². The molecule has 1 saturated carbocycles. The standard InChI is InChI=1S/C7H11IO/c8-6-4-2-1-3-5-7(6)9/h6H,1-5H2. The Morgan fingerprint density at radius 2 is 2.11 bits per heavy atom. The summed E-state index contributed by atoms with van der Waals surface area (Å²) >= 11 is 2.26. The van der Waals surface area contributed by atoms with Gasteiger partial charge in [0.15, 0.2) is 0 Å². The molecule has 0 bridgehead atoms. The van der Waals surface area contributed by atoms with E-state index in [4.69, 9.17) is 0 Å². The first-order chi connectivity index (χ1) is 4.30. The SMILES string of the molecule is O=C1CCCCCC1I. The quantitative estimate of drug-likeness (QED) is 0.359. The van der Waals surface area contributed by atoms with Crippen molar-refractivity contribution in [2.75, 3.05) is 0 Å². The van der Waals surface area contributed by atoms with Gasteiger partial charge in [0.05, 0.1) is 3.92 Å². The van der Waals surface area contributed by atoms with Gasteiger partial charge in [-0.3, -0.25) is 4.79 Å². The summed E-state index contributed by atoms with van der Waals surface area (Å²) in [4.78, 5) is 11.0. The van der Waals surface area contributed by atoms with Crippen LogP contribution in [0.4, 0.5) is 0 Å². The molecule has 1 rings (SSSR count). The van der Waals surface area contributed by atoms with Gasteiger partial charge < -0.3 is 0 Å². The maximum absolute atomic E-state index is 11.0. The summed E-state index contributed by atoms with van der Waals surface area (Å²) in [6.45, 7) is 0.